The van der Waals surface area contributed by atoms with E-state index in [1.807, 2.05) is 0 Å². The maximum absolute atomic E-state index is 3.47. The molecule has 2 atom stereocenters. The van der Waals surface area contributed by atoms with Gasteiger partial charge in [-0.05, 0) is 49.0 Å². The second kappa shape index (κ2) is 5.54. The van der Waals surface area contributed by atoms with Crippen molar-refractivity contribution in [3.05, 3.63) is 29.8 Å². The fourth-order valence-corrected chi connectivity index (χ4v) is 2.55. The minimum Gasteiger partial charge on any atom is -0.374 e. The molecule has 2 nitrogen and oxygen atoms in total. The summed E-state index contributed by atoms with van der Waals surface area (Å²) in [5, 5.41) is 3.47. The summed E-state index contributed by atoms with van der Waals surface area (Å²) in [6.07, 6.45) is 1.12. The molecule has 2 heteroatoms. The molecule has 17 heavy (non-hydrogen) atoms. The van der Waals surface area contributed by atoms with E-state index in [2.05, 4.69) is 55.4 Å². The lowest BCUT2D eigenvalue weighted by Gasteiger charge is -2.25. The molecule has 1 aromatic carbocycles. The predicted octanol–water partition coefficient (Wildman–Crippen LogP) is 2.54. The first-order chi connectivity index (χ1) is 8.20. The van der Waals surface area contributed by atoms with Crippen LogP contribution in [0.15, 0.2) is 24.3 Å². The smallest absolute Gasteiger partial charge is 0.0363 e. The van der Waals surface area contributed by atoms with Gasteiger partial charge in [-0.1, -0.05) is 26.0 Å². The number of hydrogen-bond donors (Lipinski definition) is 1. The lowest BCUT2D eigenvalue weighted by atomic mass is 9.97. The third-order valence-corrected chi connectivity index (χ3v) is 3.97. The normalized spacial score (nSPS) is 23.9. The second-order valence-corrected chi connectivity index (χ2v) is 5.30. The molecule has 0 aromatic heterocycles. The molecule has 1 heterocycles. The zero-order chi connectivity index (χ0) is 12.3. The van der Waals surface area contributed by atoms with Crippen LogP contribution in [0.25, 0.3) is 0 Å². The van der Waals surface area contributed by atoms with Gasteiger partial charge in [0.15, 0.2) is 0 Å². The Morgan fingerprint density at radius 2 is 1.94 bits per heavy atom. The number of nitrogens with one attached hydrogen (secondary N) is 1. The summed E-state index contributed by atoms with van der Waals surface area (Å²) in [6, 6.07) is 8.96. The van der Waals surface area contributed by atoms with Crippen molar-refractivity contribution in [3.8, 4) is 0 Å². The van der Waals surface area contributed by atoms with Gasteiger partial charge in [0.25, 0.3) is 0 Å². The largest absolute Gasteiger partial charge is 0.374 e. The lowest BCUT2D eigenvalue weighted by molar-refractivity contribution is 0.455. The van der Waals surface area contributed by atoms with E-state index in [0.29, 0.717) is 0 Å². The van der Waals surface area contributed by atoms with Gasteiger partial charge >= 0.3 is 0 Å². The summed E-state index contributed by atoms with van der Waals surface area (Å²) in [7, 11) is 2.20. The van der Waals surface area contributed by atoms with E-state index >= 15 is 0 Å². The average molecular weight is 232 g/mol. The van der Waals surface area contributed by atoms with E-state index in [4.69, 9.17) is 0 Å². The minimum absolute atomic E-state index is 0.783. The molecule has 0 unspecified atom stereocenters. The average Bonchev–Trinajstić information content (AvgIpc) is 2.75. The Labute approximate surface area is 105 Å². The Balaban J connectivity index is 1.96. The molecule has 1 aromatic rings. The molecule has 0 aliphatic carbocycles. The van der Waals surface area contributed by atoms with Gasteiger partial charge in [0, 0.05) is 19.3 Å². The summed E-state index contributed by atoms with van der Waals surface area (Å²) in [5.41, 5.74) is 2.75. The van der Waals surface area contributed by atoms with E-state index in [9.17, 15) is 0 Å². The van der Waals surface area contributed by atoms with E-state index in [1.54, 1.807) is 0 Å². The first-order valence-electron chi connectivity index (χ1n) is 6.71. The summed E-state index contributed by atoms with van der Waals surface area (Å²) in [5.74, 6) is 1.58. The zero-order valence-corrected chi connectivity index (χ0v) is 11.2. The molecule has 1 aliphatic rings. The van der Waals surface area contributed by atoms with Crippen LogP contribution in [-0.4, -0.2) is 26.7 Å². The van der Waals surface area contributed by atoms with Crippen LogP contribution in [0.3, 0.4) is 0 Å². The van der Waals surface area contributed by atoms with Gasteiger partial charge in [-0.15, -0.1) is 0 Å². The second-order valence-electron chi connectivity index (χ2n) is 5.30. The van der Waals surface area contributed by atoms with Crippen molar-refractivity contribution in [1.82, 2.24) is 5.32 Å². The first-order valence-corrected chi connectivity index (χ1v) is 6.71. The molecule has 0 amide bonds. The van der Waals surface area contributed by atoms with Crippen LogP contribution in [-0.2, 0) is 6.42 Å². The lowest BCUT2D eigenvalue weighted by Crippen LogP contribution is -2.29. The van der Waals surface area contributed by atoms with E-state index < -0.39 is 0 Å². The van der Waals surface area contributed by atoms with Crippen molar-refractivity contribution in [1.29, 1.82) is 0 Å². The molecule has 0 saturated carbocycles. The van der Waals surface area contributed by atoms with Crippen LogP contribution in [0.5, 0.6) is 0 Å². The molecule has 0 bridgehead atoms. The van der Waals surface area contributed by atoms with Crippen LogP contribution < -0.4 is 10.2 Å². The fraction of sp³-hybridized carbons (Fsp3) is 0.600. The Bertz CT molecular complexity index is 344. The number of rotatable bonds is 4. The van der Waals surface area contributed by atoms with E-state index in [0.717, 1.165) is 24.8 Å². The highest BCUT2D eigenvalue weighted by molar-refractivity contribution is 5.46. The van der Waals surface area contributed by atoms with Crippen LogP contribution in [0, 0.1) is 11.8 Å². The van der Waals surface area contributed by atoms with Gasteiger partial charge in [-0.2, -0.15) is 0 Å². The van der Waals surface area contributed by atoms with Crippen molar-refractivity contribution in [2.75, 3.05) is 31.6 Å². The topological polar surface area (TPSA) is 15.3 Å². The van der Waals surface area contributed by atoms with Gasteiger partial charge in [0.1, 0.15) is 0 Å². The SMILES string of the molecule is CCc1ccc(N(C)C[C@@H]2CNC[C@H]2C)cc1. The van der Waals surface area contributed by atoms with Crippen LogP contribution >= 0.6 is 0 Å². The molecule has 1 fully saturated rings. The van der Waals surface area contributed by atoms with Crippen LogP contribution in [0.4, 0.5) is 5.69 Å². The number of aryl methyl sites for hydroxylation is 1. The van der Waals surface area contributed by atoms with Crippen LogP contribution in [0.2, 0.25) is 0 Å². The highest BCUT2D eigenvalue weighted by Crippen LogP contribution is 2.21. The maximum atomic E-state index is 3.47. The molecule has 94 valence electrons. The summed E-state index contributed by atoms with van der Waals surface area (Å²) < 4.78 is 0. The molecule has 0 radical (unpaired) electrons. The Kier molecular flexibility index (Phi) is 4.06. The Morgan fingerprint density at radius 3 is 2.47 bits per heavy atom. The van der Waals surface area contributed by atoms with Crippen LogP contribution in [0.1, 0.15) is 19.4 Å². The molecule has 1 saturated heterocycles. The highest BCUT2D eigenvalue weighted by atomic mass is 15.1. The van der Waals surface area contributed by atoms with Crippen molar-refractivity contribution >= 4 is 5.69 Å². The third-order valence-electron chi connectivity index (χ3n) is 3.97. The highest BCUT2D eigenvalue weighted by Gasteiger charge is 2.24. The van der Waals surface area contributed by atoms with Gasteiger partial charge in [0.2, 0.25) is 0 Å². The number of anilines is 1. The Morgan fingerprint density at radius 1 is 1.24 bits per heavy atom. The first kappa shape index (κ1) is 12.4. The Hall–Kier alpha value is -1.02. The van der Waals surface area contributed by atoms with E-state index in [-0.39, 0.29) is 0 Å². The van der Waals surface area contributed by atoms with Crippen molar-refractivity contribution in [2.45, 2.75) is 20.3 Å². The van der Waals surface area contributed by atoms with Crippen molar-refractivity contribution < 1.29 is 0 Å². The number of hydrogen-bond acceptors (Lipinski definition) is 2. The number of benzene rings is 1. The fourth-order valence-electron chi connectivity index (χ4n) is 2.55. The summed E-state index contributed by atoms with van der Waals surface area (Å²) >= 11 is 0. The van der Waals surface area contributed by atoms with Gasteiger partial charge in [-0.3, -0.25) is 0 Å². The quantitative estimate of drug-likeness (QED) is 0.858. The van der Waals surface area contributed by atoms with Crippen molar-refractivity contribution in [2.24, 2.45) is 11.8 Å². The standard InChI is InChI=1S/C15H24N2/c1-4-13-5-7-15(8-6-13)17(3)11-14-10-16-9-12(14)2/h5-8,12,14,16H,4,9-11H2,1-3H3/t12-,14+/m1/s1. The van der Waals surface area contributed by atoms with Crippen molar-refractivity contribution in [3.63, 3.8) is 0 Å². The maximum Gasteiger partial charge on any atom is 0.0363 e. The molecule has 2 rings (SSSR count). The molecule has 1 aliphatic heterocycles. The molecular formula is C15H24N2. The monoisotopic (exact) mass is 232 g/mol. The predicted molar refractivity (Wildman–Crippen MR) is 74.6 cm³/mol. The zero-order valence-electron chi connectivity index (χ0n) is 11.2. The minimum atomic E-state index is 0.783. The molecule has 0 spiro atoms. The molecular weight excluding hydrogens is 208 g/mol. The third kappa shape index (κ3) is 3.01. The summed E-state index contributed by atoms with van der Waals surface area (Å²) in [6.45, 7) is 8.04. The van der Waals surface area contributed by atoms with Gasteiger partial charge in [0.05, 0.1) is 0 Å². The van der Waals surface area contributed by atoms with Gasteiger partial charge in [-0.25, -0.2) is 0 Å². The molecule has 1 N–H and O–H groups in total. The van der Waals surface area contributed by atoms with E-state index in [1.165, 1.54) is 24.3 Å². The summed E-state index contributed by atoms with van der Waals surface area (Å²) in [4.78, 5) is 2.38. The van der Waals surface area contributed by atoms with Gasteiger partial charge < -0.3 is 10.2 Å². The number of nitrogens with zero attached hydrogens (tertiary/aromatic N) is 1.